The van der Waals surface area contributed by atoms with Gasteiger partial charge in [-0.3, -0.25) is 4.68 Å². The topological polar surface area (TPSA) is 71.3 Å². The van der Waals surface area contributed by atoms with Crippen LogP contribution in [-0.2, 0) is 19.9 Å². The van der Waals surface area contributed by atoms with Crippen molar-refractivity contribution in [1.82, 2.24) is 15.1 Å². The van der Waals surface area contributed by atoms with Gasteiger partial charge in [0, 0.05) is 43.9 Å². The second kappa shape index (κ2) is 11.0. The van der Waals surface area contributed by atoms with Crippen molar-refractivity contribution in [2.45, 2.75) is 58.2 Å². The molecule has 0 radical (unpaired) electrons. The molecule has 3 unspecified atom stereocenters. The summed E-state index contributed by atoms with van der Waals surface area (Å²) >= 11 is 0. The largest absolute Gasteiger partial charge is 0.493 e. The minimum atomic E-state index is -0.833. The summed E-state index contributed by atoms with van der Waals surface area (Å²) in [6.07, 6.45) is 4.61. The Labute approximate surface area is 211 Å². The third kappa shape index (κ3) is 7.04. The predicted molar refractivity (Wildman–Crippen MR) is 137 cm³/mol. The minimum Gasteiger partial charge on any atom is -0.493 e. The highest BCUT2D eigenvalue weighted by atomic mass is 19.1. The zero-order chi connectivity index (χ0) is 25.9. The Hall–Kier alpha value is -2.97. The Morgan fingerprint density at radius 1 is 1.14 bits per heavy atom. The van der Waals surface area contributed by atoms with Gasteiger partial charge in [0.1, 0.15) is 17.4 Å². The fourth-order valence-corrected chi connectivity index (χ4v) is 4.76. The lowest BCUT2D eigenvalue weighted by atomic mass is 9.86. The maximum atomic E-state index is 13.8. The summed E-state index contributed by atoms with van der Waals surface area (Å²) in [5.41, 5.74) is 3.71. The second-order valence-electron chi connectivity index (χ2n) is 10.9. The van der Waals surface area contributed by atoms with Crippen molar-refractivity contribution in [2.75, 3.05) is 18.5 Å². The third-order valence-corrected chi connectivity index (χ3v) is 6.32. The quantitative estimate of drug-likeness (QED) is 0.396. The van der Waals surface area contributed by atoms with Crippen LogP contribution in [0.1, 0.15) is 49.9 Å². The number of halogens is 2. The molecule has 0 saturated carbocycles. The normalized spacial score (nSPS) is 17.2. The van der Waals surface area contributed by atoms with Crippen LogP contribution in [0.25, 0.3) is 0 Å². The van der Waals surface area contributed by atoms with Crippen LogP contribution in [-0.4, -0.2) is 40.2 Å². The van der Waals surface area contributed by atoms with Gasteiger partial charge in [0.05, 0.1) is 30.6 Å². The third-order valence-electron chi connectivity index (χ3n) is 6.32. The van der Waals surface area contributed by atoms with Crippen LogP contribution >= 0.6 is 0 Å². The summed E-state index contributed by atoms with van der Waals surface area (Å²) in [5.74, 6) is -0.406. The zero-order valence-corrected chi connectivity index (χ0v) is 21.4. The van der Waals surface area contributed by atoms with Crippen molar-refractivity contribution in [1.29, 1.82) is 0 Å². The van der Waals surface area contributed by atoms with Crippen LogP contribution < -0.4 is 15.4 Å². The molecule has 1 aliphatic rings. The highest BCUT2D eigenvalue weighted by Gasteiger charge is 2.26. The number of aromatic nitrogens is 2. The van der Waals surface area contributed by atoms with Crippen molar-refractivity contribution in [3.63, 3.8) is 0 Å². The molecular weight excluding hydrogens is 462 g/mol. The van der Waals surface area contributed by atoms with Gasteiger partial charge in [0.25, 0.3) is 0 Å². The van der Waals surface area contributed by atoms with Gasteiger partial charge < -0.3 is 20.5 Å². The number of ether oxygens (including phenoxy) is 1. The molecule has 6 nitrogen and oxygen atoms in total. The van der Waals surface area contributed by atoms with E-state index in [2.05, 4.69) is 48.6 Å². The molecule has 2 aromatic carbocycles. The van der Waals surface area contributed by atoms with E-state index in [1.165, 1.54) is 17.7 Å². The Kier molecular flexibility index (Phi) is 7.95. The molecule has 3 atom stereocenters. The number of fused-ring (bicyclic) bond motifs is 1. The number of hydrogen-bond donors (Lipinski definition) is 3. The summed E-state index contributed by atoms with van der Waals surface area (Å²) in [6, 6.07) is 9.34. The van der Waals surface area contributed by atoms with Gasteiger partial charge in [-0.2, -0.15) is 5.10 Å². The Morgan fingerprint density at radius 2 is 1.89 bits per heavy atom. The summed E-state index contributed by atoms with van der Waals surface area (Å²) in [6.45, 7) is 7.54. The van der Waals surface area contributed by atoms with Crippen LogP contribution in [0.2, 0.25) is 0 Å². The summed E-state index contributed by atoms with van der Waals surface area (Å²) in [7, 11) is 1.80. The number of rotatable bonds is 9. The summed E-state index contributed by atoms with van der Waals surface area (Å²) < 4.78 is 35.2. The average Bonchev–Trinajstić information content (AvgIpc) is 3.20. The minimum absolute atomic E-state index is 0.0361. The molecule has 0 spiro atoms. The lowest BCUT2D eigenvalue weighted by molar-refractivity contribution is 0.140. The van der Waals surface area contributed by atoms with Crippen LogP contribution in [0, 0.1) is 17.0 Å². The van der Waals surface area contributed by atoms with E-state index in [0.717, 1.165) is 35.9 Å². The highest BCUT2D eigenvalue weighted by molar-refractivity contribution is 5.42. The van der Waals surface area contributed by atoms with E-state index in [4.69, 9.17) is 4.74 Å². The Morgan fingerprint density at radius 3 is 2.56 bits per heavy atom. The van der Waals surface area contributed by atoms with E-state index >= 15 is 0 Å². The van der Waals surface area contributed by atoms with E-state index in [-0.39, 0.29) is 17.9 Å². The molecule has 1 aliphatic heterocycles. The zero-order valence-electron chi connectivity index (χ0n) is 21.4. The number of aliphatic hydroxyl groups excluding tert-OH is 1. The summed E-state index contributed by atoms with van der Waals surface area (Å²) in [4.78, 5) is 0. The van der Waals surface area contributed by atoms with Crippen molar-refractivity contribution >= 4 is 5.69 Å². The lowest BCUT2D eigenvalue weighted by Crippen LogP contribution is -2.43. The maximum Gasteiger partial charge on any atom is 0.126 e. The first kappa shape index (κ1) is 26.1. The van der Waals surface area contributed by atoms with E-state index in [1.54, 1.807) is 24.1 Å². The lowest BCUT2D eigenvalue weighted by Gasteiger charge is -2.31. The molecule has 3 N–H and O–H groups in total. The molecule has 0 bridgehead atoms. The molecule has 2 heterocycles. The molecule has 36 heavy (non-hydrogen) atoms. The van der Waals surface area contributed by atoms with Gasteiger partial charge in [-0.15, -0.1) is 0 Å². The van der Waals surface area contributed by atoms with Gasteiger partial charge in [0.15, 0.2) is 0 Å². The molecular formula is C28H36F2N4O2. The molecule has 0 aliphatic carbocycles. The maximum absolute atomic E-state index is 13.8. The second-order valence-corrected chi connectivity index (χ2v) is 10.9. The number of nitrogens with one attached hydrogen (secondary N) is 2. The molecule has 3 aromatic rings. The number of nitrogens with zero attached hydrogens (tertiary/aromatic N) is 2. The molecule has 0 fully saturated rings. The number of hydrogen-bond acceptors (Lipinski definition) is 5. The van der Waals surface area contributed by atoms with Gasteiger partial charge in [0.2, 0.25) is 0 Å². The van der Waals surface area contributed by atoms with Crippen LogP contribution in [0.15, 0.2) is 48.8 Å². The highest BCUT2D eigenvalue weighted by Crippen LogP contribution is 2.34. The first-order chi connectivity index (χ1) is 17.1. The van der Waals surface area contributed by atoms with E-state index in [0.29, 0.717) is 18.7 Å². The molecule has 1 aromatic heterocycles. The van der Waals surface area contributed by atoms with Gasteiger partial charge in [-0.05, 0) is 47.6 Å². The van der Waals surface area contributed by atoms with Gasteiger partial charge in [-0.1, -0.05) is 32.9 Å². The average molecular weight is 499 g/mol. The van der Waals surface area contributed by atoms with Crippen molar-refractivity contribution < 1.29 is 18.6 Å². The fraction of sp³-hybridized carbons (Fsp3) is 0.464. The molecule has 0 saturated heterocycles. The Bertz CT molecular complexity index is 1150. The number of anilines is 1. The predicted octanol–water partition coefficient (Wildman–Crippen LogP) is 4.78. The van der Waals surface area contributed by atoms with Gasteiger partial charge >= 0.3 is 0 Å². The van der Waals surface area contributed by atoms with Gasteiger partial charge in [-0.25, -0.2) is 8.78 Å². The SMILES string of the molecule is Cn1cc(NC(Cc2cc(F)cc(F)c2)C(O)CNC2CCOc3ccc(CC(C)(C)C)cc32)cn1. The number of benzene rings is 2. The first-order valence-electron chi connectivity index (χ1n) is 12.4. The first-order valence-corrected chi connectivity index (χ1v) is 12.4. The summed E-state index contributed by atoms with van der Waals surface area (Å²) in [5, 5.41) is 22.2. The molecule has 4 rings (SSSR count). The van der Waals surface area contributed by atoms with Crippen LogP contribution in [0.4, 0.5) is 14.5 Å². The van der Waals surface area contributed by atoms with Crippen molar-refractivity contribution in [2.24, 2.45) is 12.5 Å². The Balaban J connectivity index is 1.49. The molecule has 0 amide bonds. The van der Waals surface area contributed by atoms with Crippen LogP contribution in [0.3, 0.4) is 0 Å². The van der Waals surface area contributed by atoms with E-state index < -0.39 is 23.8 Å². The molecule has 194 valence electrons. The van der Waals surface area contributed by atoms with Crippen LogP contribution in [0.5, 0.6) is 5.75 Å². The standard InChI is InChI=1S/C28H36F2N4O2/c1-28(2,3)14-18-5-6-27-23(11-18)24(7-8-36-27)31-16-26(35)25(33-22-15-32-34(4)17-22)12-19-9-20(29)13-21(30)10-19/h5-6,9-11,13,15,17,24-26,31,33,35H,7-8,12,14,16H2,1-4H3. The molecule has 8 heteroatoms. The van der Waals surface area contributed by atoms with Crippen molar-refractivity contribution in [3.8, 4) is 5.75 Å². The number of aryl methyl sites for hydroxylation is 1. The monoisotopic (exact) mass is 498 g/mol. The van der Waals surface area contributed by atoms with Crippen molar-refractivity contribution in [3.05, 3.63) is 77.1 Å². The number of aliphatic hydroxyl groups is 1. The smallest absolute Gasteiger partial charge is 0.126 e. The van der Waals surface area contributed by atoms with E-state index in [9.17, 15) is 13.9 Å². The van der Waals surface area contributed by atoms with E-state index in [1.807, 2.05) is 6.07 Å². The fourth-order valence-electron chi connectivity index (χ4n) is 4.76.